The lowest BCUT2D eigenvalue weighted by molar-refractivity contribution is 0.0940. The van der Waals surface area contributed by atoms with Gasteiger partial charge in [0.1, 0.15) is 0 Å². The van der Waals surface area contributed by atoms with Crippen molar-refractivity contribution in [2.45, 2.75) is 38.3 Å². The van der Waals surface area contributed by atoms with Gasteiger partial charge in [-0.05, 0) is 62.2 Å². The monoisotopic (exact) mass is 411 g/mol. The lowest BCUT2D eigenvalue weighted by Crippen LogP contribution is -2.26. The minimum Gasteiger partial charge on any atom is -0.346 e. The number of nitrogens with one attached hydrogen (secondary N) is 1. The number of benzene rings is 2. The molecule has 0 aliphatic carbocycles. The van der Waals surface area contributed by atoms with E-state index >= 15 is 0 Å². The molecule has 0 spiro atoms. The molecule has 1 aromatic heterocycles. The standard InChI is InChI=1S/C22H25N3O3S/c1-15-13-16(2)25(24-15)14-18-5-7-20(8-6-18)22(26)23-17(3)19-9-11-21(12-10-19)29(4,27)28/h5-13,17H,14H2,1-4H3,(H,23,26)/t17-/m1/s1. The fraction of sp³-hybridized carbons (Fsp3) is 0.273. The van der Waals surface area contributed by atoms with Gasteiger partial charge in [0.25, 0.3) is 5.91 Å². The Bertz CT molecular complexity index is 1120. The predicted molar refractivity (Wildman–Crippen MR) is 113 cm³/mol. The highest BCUT2D eigenvalue weighted by atomic mass is 32.2. The maximum absolute atomic E-state index is 12.6. The highest BCUT2D eigenvalue weighted by Crippen LogP contribution is 2.17. The summed E-state index contributed by atoms with van der Waals surface area (Å²) < 4.78 is 25.1. The Morgan fingerprint density at radius 1 is 1.07 bits per heavy atom. The molecule has 0 aliphatic rings. The van der Waals surface area contributed by atoms with Gasteiger partial charge in [0.05, 0.1) is 23.2 Å². The second-order valence-electron chi connectivity index (χ2n) is 7.32. The van der Waals surface area contributed by atoms with Crippen LogP contribution in [0.15, 0.2) is 59.5 Å². The Morgan fingerprint density at radius 2 is 1.69 bits per heavy atom. The summed E-state index contributed by atoms with van der Waals surface area (Å²) in [5.41, 5.74) is 4.56. The van der Waals surface area contributed by atoms with Gasteiger partial charge in [-0.25, -0.2) is 8.42 Å². The fourth-order valence-corrected chi connectivity index (χ4v) is 3.77. The molecule has 152 valence electrons. The van der Waals surface area contributed by atoms with E-state index in [9.17, 15) is 13.2 Å². The minimum absolute atomic E-state index is 0.178. The molecule has 3 aromatic rings. The molecule has 6 nitrogen and oxygen atoms in total. The number of carbonyl (C=O) groups excluding carboxylic acids is 1. The van der Waals surface area contributed by atoms with Crippen LogP contribution >= 0.6 is 0 Å². The first-order chi connectivity index (χ1) is 13.6. The first-order valence-electron chi connectivity index (χ1n) is 9.34. The molecule has 1 heterocycles. The first-order valence-corrected chi connectivity index (χ1v) is 11.2. The molecule has 0 saturated heterocycles. The van der Waals surface area contributed by atoms with Crippen LogP contribution in [0.4, 0.5) is 0 Å². The molecule has 0 bridgehead atoms. The van der Waals surface area contributed by atoms with Crippen LogP contribution in [0.1, 0.15) is 45.8 Å². The number of nitrogens with zero attached hydrogens (tertiary/aromatic N) is 2. The molecule has 0 aliphatic heterocycles. The van der Waals surface area contributed by atoms with Crippen molar-refractivity contribution >= 4 is 15.7 Å². The Labute approximate surface area is 171 Å². The number of aryl methyl sites for hydroxylation is 2. The van der Waals surface area contributed by atoms with Crippen molar-refractivity contribution in [2.75, 3.05) is 6.26 Å². The van der Waals surface area contributed by atoms with Crippen LogP contribution in [0, 0.1) is 13.8 Å². The zero-order chi connectivity index (χ0) is 21.2. The summed E-state index contributed by atoms with van der Waals surface area (Å²) in [7, 11) is -3.23. The Morgan fingerprint density at radius 3 is 2.21 bits per heavy atom. The van der Waals surface area contributed by atoms with E-state index in [1.807, 2.05) is 43.7 Å². The van der Waals surface area contributed by atoms with E-state index in [1.165, 1.54) is 6.26 Å². The average Bonchev–Trinajstić information content (AvgIpc) is 2.98. The molecule has 1 atom stereocenters. The molecule has 7 heteroatoms. The molecule has 3 rings (SSSR count). The first kappa shape index (κ1) is 20.8. The van der Waals surface area contributed by atoms with Crippen molar-refractivity contribution in [3.63, 3.8) is 0 Å². The fourth-order valence-electron chi connectivity index (χ4n) is 3.14. The summed E-state index contributed by atoms with van der Waals surface area (Å²) in [6.45, 7) is 6.51. The van der Waals surface area contributed by atoms with E-state index in [0.29, 0.717) is 12.1 Å². The van der Waals surface area contributed by atoms with Gasteiger partial charge in [0.15, 0.2) is 9.84 Å². The summed E-state index contributed by atoms with van der Waals surface area (Å²) >= 11 is 0. The number of aromatic nitrogens is 2. The molecule has 2 aromatic carbocycles. The van der Waals surface area contributed by atoms with Gasteiger partial charge in [0.2, 0.25) is 0 Å². The SMILES string of the molecule is Cc1cc(C)n(Cc2ccc(C(=O)N[C@H](C)c3ccc(S(C)(=O)=O)cc3)cc2)n1. The van der Waals surface area contributed by atoms with Crippen molar-refractivity contribution in [1.29, 1.82) is 0 Å². The number of rotatable bonds is 6. The smallest absolute Gasteiger partial charge is 0.251 e. The summed E-state index contributed by atoms with van der Waals surface area (Å²) in [6.07, 6.45) is 1.17. The Hall–Kier alpha value is -2.93. The topological polar surface area (TPSA) is 81.1 Å². The van der Waals surface area contributed by atoms with Crippen molar-refractivity contribution in [2.24, 2.45) is 0 Å². The van der Waals surface area contributed by atoms with Gasteiger partial charge in [-0.3, -0.25) is 9.48 Å². The van der Waals surface area contributed by atoms with Crippen LogP contribution in [-0.4, -0.2) is 30.4 Å². The average molecular weight is 412 g/mol. The van der Waals surface area contributed by atoms with E-state index in [2.05, 4.69) is 10.4 Å². The van der Waals surface area contributed by atoms with E-state index in [0.717, 1.165) is 22.5 Å². The van der Waals surface area contributed by atoms with Crippen molar-refractivity contribution in [3.8, 4) is 0 Å². The Kier molecular flexibility index (Phi) is 5.88. The molecule has 0 saturated carbocycles. The Balaban J connectivity index is 1.65. The van der Waals surface area contributed by atoms with E-state index in [1.54, 1.807) is 36.4 Å². The zero-order valence-corrected chi connectivity index (χ0v) is 17.8. The third-order valence-corrected chi connectivity index (χ3v) is 5.94. The van der Waals surface area contributed by atoms with Crippen molar-refractivity contribution in [1.82, 2.24) is 15.1 Å². The lowest BCUT2D eigenvalue weighted by atomic mass is 10.1. The summed E-state index contributed by atoms with van der Waals surface area (Å²) in [5.74, 6) is -0.178. The summed E-state index contributed by atoms with van der Waals surface area (Å²) in [4.78, 5) is 12.8. The molecule has 1 amide bonds. The van der Waals surface area contributed by atoms with E-state index in [4.69, 9.17) is 0 Å². The quantitative estimate of drug-likeness (QED) is 0.674. The minimum atomic E-state index is -3.23. The van der Waals surface area contributed by atoms with Crippen LogP contribution in [0.3, 0.4) is 0 Å². The predicted octanol–water partition coefficient (Wildman–Crippen LogP) is 3.44. The second kappa shape index (κ2) is 8.21. The third kappa shape index (κ3) is 5.12. The highest BCUT2D eigenvalue weighted by molar-refractivity contribution is 7.90. The van der Waals surface area contributed by atoms with Gasteiger partial charge < -0.3 is 5.32 Å². The van der Waals surface area contributed by atoms with Gasteiger partial charge in [-0.15, -0.1) is 0 Å². The summed E-state index contributed by atoms with van der Waals surface area (Å²) in [6, 6.07) is 15.8. The van der Waals surface area contributed by atoms with Crippen LogP contribution in [0.2, 0.25) is 0 Å². The van der Waals surface area contributed by atoms with Crippen LogP contribution in [-0.2, 0) is 16.4 Å². The van der Waals surface area contributed by atoms with Crippen LogP contribution in [0.5, 0.6) is 0 Å². The molecule has 29 heavy (non-hydrogen) atoms. The maximum atomic E-state index is 12.6. The van der Waals surface area contributed by atoms with E-state index < -0.39 is 9.84 Å². The largest absolute Gasteiger partial charge is 0.346 e. The third-order valence-electron chi connectivity index (χ3n) is 4.81. The van der Waals surface area contributed by atoms with E-state index in [-0.39, 0.29) is 16.8 Å². The number of carbonyl (C=O) groups is 1. The van der Waals surface area contributed by atoms with Gasteiger partial charge in [-0.2, -0.15) is 5.10 Å². The van der Waals surface area contributed by atoms with Gasteiger partial charge in [-0.1, -0.05) is 24.3 Å². The molecule has 1 N–H and O–H groups in total. The number of sulfone groups is 1. The zero-order valence-electron chi connectivity index (χ0n) is 17.0. The van der Waals surface area contributed by atoms with Crippen molar-refractivity contribution < 1.29 is 13.2 Å². The van der Waals surface area contributed by atoms with Crippen LogP contribution < -0.4 is 5.32 Å². The molecule has 0 fully saturated rings. The highest BCUT2D eigenvalue weighted by Gasteiger charge is 2.13. The van der Waals surface area contributed by atoms with Crippen molar-refractivity contribution in [3.05, 3.63) is 82.7 Å². The molecular formula is C22H25N3O3S. The lowest BCUT2D eigenvalue weighted by Gasteiger charge is -2.15. The number of amides is 1. The van der Waals surface area contributed by atoms with Gasteiger partial charge >= 0.3 is 0 Å². The van der Waals surface area contributed by atoms with Gasteiger partial charge in [0, 0.05) is 17.5 Å². The van der Waals surface area contributed by atoms with Crippen LogP contribution in [0.25, 0.3) is 0 Å². The molecule has 0 unspecified atom stereocenters. The number of hydrogen-bond donors (Lipinski definition) is 1. The molecule has 0 radical (unpaired) electrons. The molecular weight excluding hydrogens is 386 g/mol. The second-order valence-corrected chi connectivity index (χ2v) is 9.33. The maximum Gasteiger partial charge on any atom is 0.251 e. The normalized spacial score (nSPS) is 12.6. The number of hydrogen-bond acceptors (Lipinski definition) is 4. The summed E-state index contributed by atoms with van der Waals surface area (Å²) in [5, 5.41) is 7.40.